The highest BCUT2D eigenvalue weighted by atomic mass is 16.1. The Bertz CT molecular complexity index is 1270. The maximum Gasteiger partial charge on any atom is 0.235 e. The van der Waals surface area contributed by atoms with Crippen LogP contribution < -0.4 is 0 Å². The first-order chi connectivity index (χ1) is 13.3. The molecule has 5 aromatic rings. The van der Waals surface area contributed by atoms with Crippen LogP contribution in [-0.2, 0) is 0 Å². The summed E-state index contributed by atoms with van der Waals surface area (Å²) in [6.07, 6.45) is 1.96. The summed E-state index contributed by atoms with van der Waals surface area (Å²) in [6.45, 7) is 0. The van der Waals surface area contributed by atoms with Gasteiger partial charge in [0.05, 0.1) is 11.0 Å². The van der Waals surface area contributed by atoms with Crippen LogP contribution in [0.15, 0.2) is 91.1 Å². The van der Waals surface area contributed by atoms with Gasteiger partial charge in [0.2, 0.25) is 11.6 Å². The van der Waals surface area contributed by atoms with Crippen LogP contribution in [0.1, 0.15) is 16.1 Å². The van der Waals surface area contributed by atoms with Crippen molar-refractivity contribution in [1.82, 2.24) is 14.4 Å². The van der Waals surface area contributed by atoms with Crippen molar-refractivity contribution in [3.05, 3.63) is 102 Å². The van der Waals surface area contributed by atoms with Crippen molar-refractivity contribution in [2.24, 2.45) is 0 Å². The van der Waals surface area contributed by atoms with Crippen LogP contribution in [0, 0.1) is 0 Å². The highest BCUT2D eigenvalue weighted by Gasteiger charge is 2.19. The van der Waals surface area contributed by atoms with Crippen LogP contribution in [0.3, 0.4) is 0 Å². The molecule has 0 saturated heterocycles. The molecule has 0 amide bonds. The zero-order chi connectivity index (χ0) is 18.2. The predicted octanol–water partition coefficient (Wildman–Crippen LogP) is 4.78. The molecule has 5 rings (SSSR count). The van der Waals surface area contributed by atoms with Gasteiger partial charge in [0, 0.05) is 17.3 Å². The van der Waals surface area contributed by atoms with Crippen LogP contribution in [0.25, 0.3) is 27.9 Å². The maximum absolute atomic E-state index is 13.2. The van der Waals surface area contributed by atoms with E-state index in [0.717, 1.165) is 22.2 Å². The first kappa shape index (κ1) is 15.5. The number of nitrogens with zero attached hydrogens (tertiary/aromatic N) is 3. The van der Waals surface area contributed by atoms with Gasteiger partial charge in [0.15, 0.2) is 0 Å². The Kier molecular flexibility index (Phi) is 3.54. The van der Waals surface area contributed by atoms with Gasteiger partial charge in [-0.15, -0.1) is 0 Å². The van der Waals surface area contributed by atoms with Crippen LogP contribution in [0.5, 0.6) is 0 Å². The molecule has 27 heavy (non-hydrogen) atoms. The van der Waals surface area contributed by atoms with Gasteiger partial charge in [-0.2, -0.15) is 0 Å². The van der Waals surface area contributed by atoms with E-state index in [1.54, 1.807) is 0 Å². The Morgan fingerprint density at radius 3 is 2.19 bits per heavy atom. The molecule has 3 aromatic carbocycles. The lowest BCUT2D eigenvalue weighted by molar-refractivity contribution is 0.103. The van der Waals surface area contributed by atoms with Crippen LogP contribution in [0.2, 0.25) is 0 Å². The van der Waals surface area contributed by atoms with Gasteiger partial charge in [0.1, 0.15) is 5.69 Å². The smallest absolute Gasteiger partial charge is 0.235 e. The number of carbonyl (C=O) groups excluding carboxylic acids is 1. The van der Waals surface area contributed by atoms with Gasteiger partial charge in [-0.25, -0.2) is 9.97 Å². The molecule has 0 aliphatic heterocycles. The molecule has 0 unspecified atom stereocenters. The monoisotopic (exact) mass is 349 g/mol. The fourth-order valence-corrected chi connectivity index (χ4v) is 3.32. The van der Waals surface area contributed by atoms with E-state index in [0.29, 0.717) is 17.0 Å². The summed E-state index contributed by atoms with van der Waals surface area (Å²) in [5.41, 5.74) is 4.59. The van der Waals surface area contributed by atoms with Gasteiger partial charge in [0.25, 0.3) is 0 Å². The molecule has 2 aromatic heterocycles. The second-order valence-electron chi connectivity index (χ2n) is 6.33. The first-order valence-corrected chi connectivity index (χ1v) is 8.74. The van der Waals surface area contributed by atoms with Crippen LogP contribution in [0.4, 0.5) is 0 Å². The van der Waals surface area contributed by atoms with Gasteiger partial charge in [-0.3, -0.25) is 9.20 Å². The second kappa shape index (κ2) is 6.18. The van der Waals surface area contributed by atoms with Gasteiger partial charge < -0.3 is 0 Å². The summed E-state index contributed by atoms with van der Waals surface area (Å²) in [6, 6.07) is 27.0. The van der Waals surface area contributed by atoms with Crippen molar-refractivity contribution < 1.29 is 4.79 Å². The number of hydrogen-bond donors (Lipinski definition) is 0. The number of ketones is 1. The molecule has 4 nitrogen and oxygen atoms in total. The summed E-state index contributed by atoms with van der Waals surface area (Å²) in [5.74, 6) is 0.416. The van der Waals surface area contributed by atoms with E-state index >= 15 is 0 Å². The number of benzene rings is 3. The largest absolute Gasteiger partial charge is 0.287 e. The van der Waals surface area contributed by atoms with Gasteiger partial charge in [-0.05, 0) is 17.7 Å². The molecule has 128 valence electrons. The standard InChI is InChI=1S/C23H15N3O/c27-22(17-11-5-2-6-12-17)21-18(16-9-3-1-4-10-16)15-26-20-14-8-7-13-19(20)24-23(26)25-21/h1-15H. The maximum atomic E-state index is 13.2. The van der Waals surface area contributed by atoms with Crippen molar-refractivity contribution in [1.29, 1.82) is 0 Å². The zero-order valence-corrected chi connectivity index (χ0v) is 14.4. The summed E-state index contributed by atoms with van der Waals surface area (Å²) >= 11 is 0. The van der Waals surface area contributed by atoms with E-state index < -0.39 is 0 Å². The average Bonchev–Trinajstić information content (AvgIpc) is 3.11. The predicted molar refractivity (Wildman–Crippen MR) is 106 cm³/mol. The molecule has 0 aliphatic rings. The lowest BCUT2D eigenvalue weighted by atomic mass is 10.00. The molecule has 4 heteroatoms. The number of hydrogen-bond acceptors (Lipinski definition) is 3. The highest BCUT2D eigenvalue weighted by Crippen LogP contribution is 2.27. The quantitative estimate of drug-likeness (QED) is 0.440. The fourth-order valence-electron chi connectivity index (χ4n) is 3.32. The number of rotatable bonds is 3. The molecule has 2 heterocycles. The highest BCUT2D eigenvalue weighted by molar-refractivity contribution is 6.11. The topological polar surface area (TPSA) is 47.3 Å². The molecule has 0 fully saturated rings. The summed E-state index contributed by atoms with van der Waals surface area (Å²) < 4.78 is 1.94. The minimum absolute atomic E-state index is 0.107. The number of imidazole rings is 1. The summed E-state index contributed by atoms with van der Waals surface area (Å²) in [4.78, 5) is 22.5. The molecule has 0 radical (unpaired) electrons. The Morgan fingerprint density at radius 1 is 0.741 bits per heavy atom. The van der Waals surface area contributed by atoms with E-state index in [-0.39, 0.29) is 5.78 Å². The third kappa shape index (κ3) is 2.59. The number of para-hydroxylation sites is 2. The molecule has 0 atom stereocenters. The van der Waals surface area contributed by atoms with Crippen molar-refractivity contribution in [2.45, 2.75) is 0 Å². The fraction of sp³-hybridized carbons (Fsp3) is 0. The van der Waals surface area contributed by atoms with Crippen molar-refractivity contribution in [3.8, 4) is 11.1 Å². The molecular formula is C23H15N3O. The second-order valence-corrected chi connectivity index (χ2v) is 6.33. The minimum Gasteiger partial charge on any atom is -0.287 e. The van der Waals surface area contributed by atoms with E-state index in [1.165, 1.54) is 0 Å². The summed E-state index contributed by atoms with van der Waals surface area (Å²) in [5, 5.41) is 0. The molecule has 0 bridgehead atoms. The van der Waals surface area contributed by atoms with E-state index in [1.807, 2.05) is 95.5 Å². The normalized spacial score (nSPS) is 11.1. The lowest BCUT2D eigenvalue weighted by Gasteiger charge is -2.10. The Labute approximate surface area is 155 Å². The van der Waals surface area contributed by atoms with Crippen molar-refractivity contribution >= 4 is 22.6 Å². The molecule has 0 spiro atoms. The van der Waals surface area contributed by atoms with Gasteiger partial charge in [-0.1, -0.05) is 72.8 Å². The molecule has 0 saturated carbocycles. The van der Waals surface area contributed by atoms with Gasteiger partial charge >= 0.3 is 0 Å². The molecule has 0 N–H and O–H groups in total. The third-order valence-electron chi connectivity index (χ3n) is 4.64. The average molecular weight is 349 g/mol. The van der Waals surface area contributed by atoms with Crippen molar-refractivity contribution in [3.63, 3.8) is 0 Å². The summed E-state index contributed by atoms with van der Waals surface area (Å²) in [7, 11) is 0. The Balaban J connectivity index is 1.82. The Hall–Kier alpha value is -3.79. The van der Waals surface area contributed by atoms with E-state index in [2.05, 4.69) is 9.97 Å². The first-order valence-electron chi connectivity index (χ1n) is 8.74. The molecular weight excluding hydrogens is 334 g/mol. The Morgan fingerprint density at radius 2 is 1.41 bits per heavy atom. The molecule has 0 aliphatic carbocycles. The SMILES string of the molecule is O=C(c1ccccc1)c1nc2nc3ccccc3n2cc1-c1ccccc1. The third-order valence-corrected chi connectivity index (χ3v) is 4.64. The van der Waals surface area contributed by atoms with Crippen LogP contribution in [-0.4, -0.2) is 20.2 Å². The van der Waals surface area contributed by atoms with Crippen molar-refractivity contribution in [2.75, 3.05) is 0 Å². The lowest BCUT2D eigenvalue weighted by Crippen LogP contribution is -2.08. The number of aromatic nitrogens is 3. The van der Waals surface area contributed by atoms with Crippen LogP contribution >= 0.6 is 0 Å². The zero-order valence-electron chi connectivity index (χ0n) is 14.4. The minimum atomic E-state index is -0.107. The number of fused-ring (bicyclic) bond motifs is 3. The number of carbonyl (C=O) groups is 1. The van der Waals surface area contributed by atoms with E-state index in [4.69, 9.17) is 0 Å². The van der Waals surface area contributed by atoms with E-state index in [9.17, 15) is 4.79 Å².